The largest absolute Gasteiger partial charge is 0.336 e. The standard InChI is InChI=1S/C16H35O2P/c1-15(2)11-7-5-9-13-17-19-18-14-10-6-8-12-16(3)4/h15-16,19H,5-14H2,1-4H3. The number of hydrogen-bond donors (Lipinski definition) is 0. The van der Waals surface area contributed by atoms with Crippen LogP contribution in [0.5, 0.6) is 0 Å². The fraction of sp³-hybridized carbons (Fsp3) is 1.00. The monoisotopic (exact) mass is 290 g/mol. The van der Waals surface area contributed by atoms with E-state index in [2.05, 4.69) is 27.7 Å². The summed E-state index contributed by atoms with van der Waals surface area (Å²) in [5.41, 5.74) is 0. The van der Waals surface area contributed by atoms with Crippen LogP contribution in [0.3, 0.4) is 0 Å². The second-order valence-electron chi connectivity index (χ2n) is 6.27. The van der Waals surface area contributed by atoms with Gasteiger partial charge in [-0.15, -0.1) is 0 Å². The van der Waals surface area contributed by atoms with Crippen LogP contribution < -0.4 is 0 Å². The normalized spacial score (nSPS) is 11.7. The Bertz CT molecular complexity index is 154. The minimum Gasteiger partial charge on any atom is -0.336 e. The first kappa shape index (κ1) is 19.4. The van der Waals surface area contributed by atoms with Gasteiger partial charge in [0.05, 0.1) is 13.2 Å². The highest BCUT2D eigenvalue weighted by Crippen LogP contribution is 2.17. The summed E-state index contributed by atoms with van der Waals surface area (Å²) >= 11 is 0. The van der Waals surface area contributed by atoms with Gasteiger partial charge in [-0.25, -0.2) is 0 Å². The van der Waals surface area contributed by atoms with Crippen LogP contribution in [0, 0.1) is 11.8 Å². The van der Waals surface area contributed by atoms with Crippen molar-refractivity contribution in [2.24, 2.45) is 11.8 Å². The maximum absolute atomic E-state index is 5.49. The molecule has 0 aliphatic heterocycles. The molecule has 0 spiro atoms. The third-order valence-corrected chi connectivity index (χ3v) is 3.82. The molecule has 0 saturated carbocycles. The molecule has 0 aromatic carbocycles. The van der Waals surface area contributed by atoms with Gasteiger partial charge in [0.1, 0.15) is 0 Å². The van der Waals surface area contributed by atoms with Gasteiger partial charge in [-0.2, -0.15) is 0 Å². The summed E-state index contributed by atoms with van der Waals surface area (Å²) in [5.74, 6) is 1.67. The van der Waals surface area contributed by atoms with Gasteiger partial charge in [0.25, 0.3) is 0 Å². The van der Waals surface area contributed by atoms with Crippen molar-refractivity contribution in [3.05, 3.63) is 0 Å². The summed E-state index contributed by atoms with van der Waals surface area (Å²) in [4.78, 5) is 0. The molecule has 0 fully saturated rings. The highest BCUT2D eigenvalue weighted by Gasteiger charge is 1.96. The molecule has 0 unspecified atom stereocenters. The quantitative estimate of drug-likeness (QED) is 0.290. The van der Waals surface area contributed by atoms with Gasteiger partial charge >= 0.3 is 0 Å². The number of rotatable bonds is 14. The smallest absolute Gasteiger partial charge is 0.155 e. The Morgan fingerprint density at radius 1 is 0.632 bits per heavy atom. The Morgan fingerprint density at radius 3 is 1.42 bits per heavy atom. The van der Waals surface area contributed by atoms with Crippen LogP contribution >= 0.6 is 9.03 Å². The molecule has 116 valence electrons. The van der Waals surface area contributed by atoms with Crippen LogP contribution in [0.4, 0.5) is 0 Å². The molecule has 0 aromatic heterocycles. The molecule has 0 radical (unpaired) electrons. The molecule has 0 rings (SSSR count). The molecule has 3 heteroatoms. The summed E-state index contributed by atoms with van der Waals surface area (Å²) in [7, 11) is 0.247. The van der Waals surface area contributed by atoms with Crippen LogP contribution in [-0.2, 0) is 9.05 Å². The summed E-state index contributed by atoms with van der Waals surface area (Å²) in [6, 6.07) is 0. The van der Waals surface area contributed by atoms with Gasteiger partial charge in [-0.05, 0) is 24.7 Å². The highest BCUT2D eigenvalue weighted by atomic mass is 31.1. The molecule has 19 heavy (non-hydrogen) atoms. The zero-order valence-electron chi connectivity index (χ0n) is 13.5. The van der Waals surface area contributed by atoms with Crippen molar-refractivity contribution in [1.29, 1.82) is 0 Å². The fourth-order valence-electron chi connectivity index (χ4n) is 1.93. The zero-order valence-corrected chi connectivity index (χ0v) is 14.5. The maximum atomic E-state index is 5.49. The second kappa shape index (κ2) is 14.8. The van der Waals surface area contributed by atoms with Gasteiger partial charge in [0.15, 0.2) is 9.03 Å². The molecule has 0 aliphatic carbocycles. The summed E-state index contributed by atoms with van der Waals surface area (Å²) in [6.07, 6.45) is 10.3. The number of unbranched alkanes of at least 4 members (excludes halogenated alkanes) is 4. The predicted molar refractivity (Wildman–Crippen MR) is 86.8 cm³/mol. The molecule has 0 bridgehead atoms. The van der Waals surface area contributed by atoms with Crippen molar-refractivity contribution < 1.29 is 9.05 Å². The first-order valence-corrected chi connectivity index (χ1v) is 8.93. The third kappa shape index (κ3) is 18.4. The Hall–Kier alpha value is 0.350. The van der Waals surface area contributed by atoms with E-state index in [1.165, 1.54) is 51.4 Å². The molecule has 0 amide bonds. The van der Waals surface area contributed by atoms with Crippen LogP contribution in [0.2, 0.25) is 0 Å². The topological polar surface area (TPSA) is 18.5 Å². The Labute approximate surface area is 123 Å². The van der Waals surface area contributed by atoms with E-state index in [1.54, 1.807) is 0 Å². The Balaban J connectivity index is 2.95. The van der Waals surface area contributed by atoms with Gasteiger partial charge in [-0.3, -0.25) is 0 Å². The highest BCUT2D eigenvalue weighted by molar-refractivity contribution is 7.26. The first-order chi connectivity index (χ1) is 9.13. The SMILES string of the molecule is CC(C)CCCCCOPOCCCCCC(C)C. The van der Waals surface area contributed by atoms with Crippen LogP contribution in [0.15, 0.2) is 0 Å². The third-order valence-electron chi connectivity index (χ3n) is 3.17. The van der Waals surface area contributed by atoms with Crippen molar-refractivity contribution in [2.75, 3.05) is 13.2 Å². The molecular formula is C16H35O2P. The molecule has 0 atom stereocenters. The van der Waals surface area contributed by atoms with Gasteiger partial charge in [-0.1, -0.05) is 66.2 Å². The second-order valence-corrected chi connectivity index (χ2v) is 7.01. The minimum atomic E-state index is 0.247. The molecule has 0 aliphatic rings. The van der Waals surface area contributed by atoms with E-state index in [0.717, 1.165) is 25.0 Å². The summed E-state index contributed by atoms with van der Waals surface area (Å²) in [6.45, 7) is 10.9. The molecule has 0 saturated heterocycles. The van der Waals surface area contributed by atoms with Gasteiger partial charge < -0.3 is 9.05 Å². The van der Waals surface area contributed by atoms with Crippen LogP contribution in [0.25, 0.3) is 0 Å². The Morgan fingerprint density at radius 2 is 1.05 bits per heavy atom. The minimum absolute atomic E-state index is 0.247. The van der Waals surface area contributed by atoms with E-state index in [4.69, 9.17) is 9.05 Å². The lowest BCUT2D eigenvalue weighted by molar-refractivity contribution is 0.255. The average molecular weight is 290 g/mol. The van der Waals surface area contributed by atoms with Crippen molar-refractivity contribution in [2.45, 2.75) is 79.1 Å². The molecule has 0 N–H and O–H groups in total. The first-order valence-electron chi connectivity index (χ1n) is 8.11. The molecule has 0 heterocycles. The fourth-order valence-corrected chi connectivity index (χ4v) is 2.47. The molecule has 0 aromatic rings. The van der Waals surface area contributed by atoms with Gasteiger partial charge in [0, 0.05) is 0 Å². The van der Waals surface area contributed by atoms with Crippen molar-refractivity contribution >= 4 is 9.03 Å². The van der Waals surface area contributed by atoms with Gasteiger partial charge in [0.2, 0.25) is 0 Å². The maximum Gasteiger partial charge on any atom is 0.155 e. The van der Waals surface area contributed by atoms with Crippen molar-refractivity contribution in [3.63, 3.8) is 0 Å². The van der Waals surface area contributed by atoms with E-state index in [-0.39, 0.29) is 9.03 Å². The van der Waals surface area contributed by atoms with Crippen LogP contribution in [0.1, 0.15) is 79.1 Å². The van der Waals surface area contributed by atoms with Crippen LogP contribution in [-0.4, -0.2) is 13.2 Å². The van der Waals surface area contributed by atoms with E-state index in [9.17, 15) is 0 Å². The Kier molecular flexibility index (Phi) is 15.0. The van der Waals surface area contributed by atoms with E-state index in [0.29, 0.717) is 0 Å². The lowest BCUT2D eigenvalue weighted by Gasteiger charge is -2.07. The number of hydrogen-bond acceptors (Lipinski definition) is 2. The lowest BCUT2D eigenvalue weighted by Crippen LogP contribution is -1.92. The lowest BCUT2D eigenvalue weighted by atomic mass is 10.1. The average Bonchev–Trinajstić information content (AvgIpc) is 2.34. The summed E-state index contributed by atoms with van der Waals surface area (Å²) in [5, 5.41) is 0. The zero-order chi connectivity index (χ0) is 14.3. The summed E-state index contributed by atoms with van der Waals surface area (Å²) < 4.78 is 11.0. The van der Waals surface area contributed by atoms with E-state index in [1.807, 2.05) is 0 Å². The van der Waals surface area contributed by atoms with E-state index < -0.39 is 0 Å². The molecular weight excluding hydrogens is 255 g/mol. The predicted octanol–water partition coefficient (Wildman–Crippen LogP) is 5.96. The van der Waals surface area contributed by atoms with Crippen molar-refractivity contribution in [1.82, 2.24) is 0 Å². The van der Waals surface area contributed by atoms with E-state index >= 15 is 0 Å². The molecule has 2 nitrogen and oxygen atoms in total. The van der Waals surface area contributed by atoms with Crippen molar-refractivity contribution in [3.8, 4) is 0 Å².